The maximum Gasteiger partial charge on any atom is 0.255 e. The second kappa shape index (κ2) is 7.77. The highest BCUT2D eigenvalue weighted by Crippen LogP contribution is 2.33. The molecule has 122 valence electrons. The number of β-amino-alcohol motifs (C(OH)–C–C–N with tert-alkyl or cyclic N) is 1. The maximum absolute atomic E-state index is 12.5. The van der Waals surface area contributed by atoms with Crippen LogP contribution in [0.25, 0.3) is 0 Å². The van der Waals surface area contributed by atoms with Crippen molar-refractivity contribution >= 4 is 34.2 Å². The van der Waals surface area contributed by atoms with Gasteiger partial charge >= 0.3 is 0 Å². The SMILES string of the molecule is Cl.O=C(c1ccccc1Br)N1CCN(CC(O)C2CC2)CC1. The molecule has 1 aromatic carbocycles. The van der Waals surface area contributed by atoms with Crippen molar-refractivity contribution < 1.29 is 9.90 Å². The van der Waals surface area contributed by atoms with Crippen molar-refractivity contribution in [3.8, 4) is 0 Å². The molecule has 2 aliphatic rings. The minimum atomic E-state index is -0.185. The number of amides is 1. The largest absolute Gasteiger partial charge is 0.392 e. The third-order valence-electron chi connectivity index (χ3n) is 4.38. The van der Waals surface area contributed by atoms with E-state index >= 15 is 0 Å². The quantitative estimate of drug-likeness (QED) is 0.860. The summed E-state index contributed by atoms with van der Waals surface area (Å²) in [4.78, 5) is 16.7. The van der Waals surface area contributed by atoms with Gasteiger partial charge in [0.05, 0.1) is 11.7 Å². The summed E-state index contributed by atoms with van der Waals surface area (Å²) in [6.07, 6.45) is 2.15. The van der Waals surface area contributed by atoms with Gasteiger partial charge in [-0.1, -0.05) is 12.1 Å². The van der Waals surface area contributed by atoms with Crippen LogP contribution in [0.1, 0.15) is 23.2 Å². The normalized spacial score (nSPS) is 20.4. The third kappa shape index (κ3) is 4.22. The highest BCUT2D eigenvalue weighted by molar-refractivity contribution is 9.10. The summed E-state index contributed by atoms with van der Waals surface area (Å²) in [5, 5.41) is 10.0. The lowest BCUT2D eigenvalue weighted by Gasteiger charge is -2.35. The van der Waals surface area contributed by atoms with Crippen LogP contribution in [-0.2, 0) is 0 Å². The van der Waals surface area contributed by atoms with Crippen LogP contribution >= 0.6 is 28.3 Å². The summed E-state index contributed by atoms with van der Waals surface area (Å²) >= 11 is 3.44. The van der Waals surface area contributed by atoms with Crippen molar-refractivity contribution in [2.75, 3.05) is 32.7 Å². The van der Waals surface area contributed by atoms with Crippen molar-refractivity contribution in [3.63, 3.8) is 0 Å². The third-order valence-corrected chi connectivity index (χ3v) is 5.07. The van der Waals surface area contributed by atoms with Gasteiger partial charge in [0.2, 0.25) is 0 Å². The molecule has 1 aromatic rings. The van der Waals surface area contributed by atoms with Crippen LogP contribution in [0.5, 0.6) is 0 Å². The first kappa shape index (κ1) is 17.7. The standard InChI is InChI=1S/C16H21BrN2O2.ClH/c17-14-4-2-1-3-13(14)16(21)19-9-7-18(8-10-19)11-15(20)12-5-6-12;/h1-4,12,15,20H,5-11H2;1H. The molecule has 1 heterocycles. The first-order valence-electron chi connectivity index (χ1n) is 7.59. The lowest BCUT2D eigenvalue weighted by Crippen LogP contribution is -2.50. The van der Waals surface area contributed by atoms with E-state index in [4.69, 9.17) is 0 Å². The fourth-order valence-electron chi connectivity index (χ4n) is 2.83. The number of nitrogens with zero attached hydrogens (tertiary/aromatic N) is 2. The van der Waals surface area contributed by atoms with Crippen molar-refractivity contribution in [2.45, 2.75) is 18.9 Å². The predicted octanol–water partition coefficient (Wildman–Crippen LogP) is 2.40. The topological polar surface area (TPSA) is 43.8 Å². The highest BCUT2D eigenvalue weighted by Gasteiger charge is 2.32. The average Bonchev–Trinajstić information content (AvgIpc) is 3.32. The van der Waals surface area contributed by atoms with Crippen LogP contribution in [0.4, 0.5) is 0 Å². The van der Waals surface area contributed by atoms with Gasteiger partial charge in [-0.25, -0.2) is 0 Å². The van der Waals surface area contributed by atoms with Gasteiger partial charge in [0.1, 0.15) is 0 Å². The first-order chi connectivity index (χ1) is 10.1. The Labute approximate surface area is 146 Å². The Kier molecular flexibility index (Phi) is 6.26. The number of benzene rings is 1. The molecule has 1 aliphatic heterocycles. The molecule has 0 spiro atoms. The fourth-order valence-corrected chi connectivity index (χ4v) is 3.29. The van der Waals surface area contributed by atoms with E-state index in [1.165, 1.54) is 12.8 Å². The summed E-state index contributed by atoms with van der Waals surface area (Å²) in [7, 11) is 0. The predicted molar refractivity (Wildman–Crippen MR) is 92.5 cm³/mol. The molecule has 6 heteroatoms. The highest BCUT2D eigenvalue weighted by atomic mass is 79.9. The Bertz CT molecular complexity index is 517. The number of hydrogen-bond donors (Lipinski definition) is 1. The van der Waals surface area contributed by atoms with Crippen molar-refractivity contribution in [2.24, 2.45) is 5.92 Å². The lowest BCUT2D eigenvalue weighted by atomic mass is 10.1. The molecule has 0 aromatic heterocycles. The van der Waals surface area contributed by atoms with E-state index in [0.717, 1.165) is 42.8 Å². The molecule has 4 nitrogen and oxygen atoms in total. The van der Waals surface area contributed by atoms with Crippen molar-refractivity contribution in [3.05, 3.63) is 34.3 Å². The fraction of sp³-hybridized carbons (Fsp3) is 0.562. The smallest absolute Gasteiger partial charge is 0.255 e. The molecule has 1 amide bonds. The number of aliphatic hydroxyl groups is 1. The Morgan fingerprint density at radius 1 is 1.23 bits per heavy atom. The molecule has 1 saturated heterocycles. The average molecular weight is 390 g/mol. The van der Waals surface area contributed by atoms with Gasteiger partial charge in [-0.3, -0.25) is 9.69 Å². The molecule has 2 fully saturated rings. The number of hydrogen-bond acceptors (Lipinski definition) is 3. The molecular formula is C16H22BrClN2O2. The van der Waals surface area contributed by atoms with Gasteiger partial charge in [-0.15, -0.1) is 12.4 Å². The van der Waals surface area contributed by atoms with Crippen LogP contribution in [0, 0.1) is 5.92 Å². The van der Waals surface area contributed by atoms with Gasteiger partial charge in [-0.2, -0.15) is 0 Å². The summed E-state index contributed by atoms with van der Waals surface area (Å²) in [5.74, 6) is 0.606. The van der Waals surface area contributed by atoms with Crippen LogP contribution in [0.3, 0.4) is 0 Å². The maximum atomic E-state index is 12.5. The molecule has 1 atom stereocenters. The van der Waals surface area contributed by atoms with E-state index in [1.807, 2.05) is 29.2 Å². The van der Waals surface area contributed by atoms with Crippen LogP contribution < -0.4 is 0 Å². The summed E-state index contributed by atoms with van der Waals surface area (Å²) in [6.45, 7) is 3.91. The van der Waals surface area contributed by atoms with Gasteiger partial charge in [0.25, 0.3) is 5.91 Å². The van der Waals surface area contributed by atoms with E-state index < -0.39 is 0 Å². The Morgan fingerprint density at radius 2 is 1.86 bits per heavy atom. The summed E-state index contributed by atoms with van der Waals surface area (Å²) in [6, 6.07) is 7.56. The molecule has 1 unspecified atom stereocenters. The molecule has 22 heavy (non-hydrogen) atoms. The van der Waals surface area contributed by atoms with Crippen LogP contribution in [-0.4, -0.2) is 59.6 Å². The number of aliphatic hydroxyl groups excluding tert-OH is 1. The van der Waals surface area contributed by atoms with E-state index in [9.17, 15) is 9.90 Å². The number of rotatable bonds is 4. The van der Waals surface area contributed by atoms with E-state index in [2.05, 4.69) is 20.8 Å². The van der Waals surface area contributed by atoms with Crippen molar-refractivity contribution in [1.29, 1.82) is 0 Å². The van der Waals surface area contributed by atoms with Gasteiger partial charge in [0, 0.05) is 37.2 Å². The number of carbonyl (C=O) groups is 1. The number of carbonyl (C=O) groups excluding carboxylic acids is 1. The zero-order chi connectivity index (χ0) is 14.8. The second-order valence-corrected chi connectivity index (χ2v) is 6.83. The number of piperazine rings is 1. The molecule has 1 aliphatic carbocycles. The molecule has 0 radical (unpaired) electrons. The van der Waals surface area contributed by atoms with E-state index in [0.29, 0.717) is 5.92 Å². The molecular weight excluding hydrogens is 368 g/mol. The molecule has 1 N–H and O–H groups in total. The van der Waals surface area contributed by atoms with Crippen molar-refractivity contribution in [1.82, 2.24) is 9.80 Å². The van der Waals surface area contributed by atoms with Crippen LogP contribution in [0.2, 0.25) is 0 Å². The Hall–Kier alpha value is -0.620. The molecule has 3 rings (SSSR count). The van der Waals surface area contributed by atoms with E-state index in [-0.39, 0.29) is 24.4 Å². The Balaban J connectivity index is 0.00000176. The zero-order valence-electron chi connectivity index (χ0n) is 12.4. The monoisotopic (exact) mass is 388 g/mol. The zero-order valence-corrected chi connectivity index (χ0v) is 14.9. The summed E-state index contributed by atoms with van der Waals surface area (Å²) < 4.78 is 0.849. The van der Waals surface area contributed by atoms with E-state index in [1.54, 1.807) is 0 Å². The molecule has 1 saturated carbocycles. The van der Waals surface area contributed by atoms with Gasteiger partial charge in [-0.05, 0) is 46.8 Å². The molecule has 0 bridgehead atoms. The van der Waals surface area contributed by atoms with Gasteiger partial charge in [0.15, 0.2) is 0 Å². The second-order valence-electron chi connectivity index (χ2n) is 5.98. The van der Waals surface area contributed by atoms with Crippen LogP contribution in [0.15, 0.2) is 28.7 Å². The lowest BCUT2D eigenvalue weighted by molar-refractivity contribution is 0.0488. The minimum absolute atomic E-state index is 0. The van der Waals surface area contributed by atoms with Gasteiger partial charge < -0.3 is 10.0 Å². The Morgan fingerprint density at radius 3 is 2.45 bits per heavy atom. The number of halogens is 2. The minimum Gasteiger partial charge on any atom is -0.392 e. The summed E-state index contributed by atoms with van der Waals surface area (Å²) in [5.41, 5.74) is 0.726. The first-order valence-corrected chi connectivity index (χ1v) is 8.38.